The number of aliphatic carboxylic acids is 1. The number of imide groups is 1. The molecule has 7 nitrogen and oxygen atoms in total. The second kappa shape index (κ2) is 46.9. The molecule has 0 bridgehead atoms. The number of nitrogens with two attached hydrogens (primary N) is 2. The topological polar surface area (TPSA) is 127 Å². The Labute approximate surface area is 343 Å². The zero-order chi connectivity index (χ0) is 40.9. The predicted octanol–water partition coefficient (Wildman–Crippen LogP) is 14.0. The number of unbranched alkanes of at least 4 members (excludes halogenated alkanes) is 32. The third kappa shape index (κ3) is 43.5. The zero-order valence-electron chi connectivity index (χ0n) is 37.3. The molecular formula is C48H97N3O4. The van der Waals surface area contributed by atoms with Crippen LogP contribution in [0.4, 0.5) is 0 Å². The van der Waals surface area contributed by atoms with E-state index < -0.39 is 12.0 Å². The van der Waals surface area contributed by atoms with Gasteiger partial charge in [0.2, 0.25) is 11.8 Å². The zero-order valence-corrected chi connectivity index (χ0v) is 37.3. The molecule has 1 atom stereocenters. The monoisotopic (exact) mass is 780 g/mol. The molecule has 0 aliphatic carbocycles. The molecule has 0 aromatic rings. The van der Waals surface area contributed by atoms with E-state index in [2.05, 4.69) is 20.8 Å². The van der Waals surface area contributed by atoms with Gasteiger partial charge in [0.05, 0.1) is 0 Å². The number of carbonyl (C=O) groups is 3. The molecule has 0 radical (unpaired) electrons. The van der Waals surface area contributed by atoms with E-state index in [-0.39, 0.29) is 11.8 Å². The lowest BCUT2D eigenvalue weighted by atomic mass is 10.0. The number of carbonyl (C=O) groups excluding carboxylic acids is 2. The van der Waals surface area contributed by atoms with Crippen LogP contribution in [-0.4, -0.2) is 46.9 Å². The van der Waals surface area contributed by atoms with Gasteiger partial charge in [-0.3, -0.25) is 19.3 Å². The second-order valence-electron chi connectivity index (χ2n) is 16.6. The number of nitrogens with zero attached hydrogens (tertiary/aromatic N) is 1. The molecule has 0 unspecified atom stereocenters. The van der Waals surface area contributed by atoms with Gasteiger partial charge in [0, 0.05) is 19.4 Å². The van der Waals surface area contributed by atoms with E-state index in [1.807, 2.05) is 0 Å². The van der Waals surface area contributed by atoms with Gasteiger partial charge in [-0.1, -0.05) is 220 Å². The minimum atomic E-state index is -1.00. The first kappa shape index (κ1) is 55.6. The summed E-state index contributed by atoms with van der Waals surface area (Å²) in [6.07, 6.45) is 46.7. The molecule has 0 aliphatic heterocycles. The summed E-state index contributed by atoms with van der Waals surface area (Å²) < 4.78 is 0. The van der Waals surface area contributed by atoms with Gasteiger partial charge in [-0.05, 0) is 45.1 Å². The molecule has 0 aromatic heterocycles. The van der Waals surface area contributed by atoms with Crippen molar-refractivity contribution in [3.63, 3.8) is 0 Å². The van der Waals surface area contributed by atoms with E-state index in [9.17, 15) is 14.4 Å². The SMILES string of the molecule is CCCCCCCCCCCC(=O)N(CCCC[C@H](N)C(=O)O)C(=O)CCCCCCCCCCC.CCCCCCCCCCCCCCCCCCN. The van der Waals surface area contributed by atoms with Crippen molar-refractivity contribution < 1.29 is 19.5 Å². The lowest BCUT2D eigenvalue weighted by molar-refractivity contribution is -0.145. The summed E-state index contributed by atoms with van der Waals surface area (Å²) in [6.45, 7) is 7.99. The molecule has 55 heavy (non-hydrogen) atoms. The van der Waals surface area contributed by atoms with Crippen LogP contribution in [0.15, 0.2) is 0 Å². The summed E-state index contributed by atoms with van der Waals surface area (Å²) in [4.78, 5) is 38.1. The van der Waals surface area contributed by atoms with Crippen molar-refractivity contribution in [3.05, 3.63) is 0 Å². The summed E-state index contributed by atoms with van der Waals surface area (Å²) in [5.74, 6) is -1.14. The van der Waals surface area contributed by atoms with Crippen LogP contribution >= 0.6 is 0 Å². The van der Waals surface area contributed by atoms with Crippen LogP contribution in [0.1, 0.15) is 271 Å². The van der Waals surface area contributed by atoms with Crippen molar-refractivity contribution in [2.75, 3.05) is 13.1 Å². The summed E-state index contributed by atoms with van der Waals surface area (Å²) in [5, 5.41) is 8.95. The van der Waals surface area contributed by atoms with Gasteiger partial charge in [-0.15, -0.1) is 0 Å². The van der Waals surface area contributed by atoms with Crippen LogP contribution in [0.2, 0.25) is 0 Å². The highest BCUT2D eigenvalue weighted by Gasteiger charge is 2.21. The van der Waals surface area contributed by atoms with E-state index in [1.165, 1.54) is 185 Å². The molecule has 0 fully saturated rings. The van der Waals surface area contributed by atoms with Gasteiger partial charge in [-0.25, -0.2) is 0 Å². The maximum atomic E-state index is 12.9. The fraction of sp³-hybridized carbons (Fsp3) is 0.938. The van der Waals surface area contributed by atoms with Gasteiger partial charge < -0.3 is 16.6 Å². The highest BCUT2D eigenvalue weighted by Crippen LogP contribution is 2.16. The number of carboxylic acid groups (broad SMARTS) is 1. The largest absolute Gasteiger partial charge is 0.480 e. The first-order chi connectivity index (χ1) is 26.8. The van der Waals surface area contributed by atoms with E-state index in [0.717, 1.165) is 45.1 Å². The van der Waals surface area contributed by atoms with Crippen molar-refractivity contribution in [1.82, 2.24) is 4.90 Å². The molecule has 7 heteroatoms. The Bertz CT molecular complexity index is 758. The second-order valence-corrected chi connectivity index (χ2v) is 16.6. The molecule has 0 aromatic carbocycles. The minimum absolute atomic E-state index is 0.0681. The third-order valence-corrected chi connectivity index (χ3v) is 11.1. The summed E-state index contributed by atoms with van der Waals surface area (Å²) >= 11 is 0. The fourth-order valence-electron chi connectivity index (χ4n) is 7.28. The molecule has 328 valence electrons. The van der Waals surface area contributed by atoms with E-state index in [1.54, 1.807) is 0 Å². The first-order valence-corrected chi connectivity index (χ1v) is 24.4. The fourth-order valence-corrected chi connectivity index (χ4v) is 7.28. The van der Waals surface area contributed by atoms with Crippen molar-refractivity contribution in [2.24, 2.45) is 11.5 Å². The van der Waals surface area contributed by atoms with Crippen molar-refractivity contribution in [1.29, 1.82) is 0 Å². The van der Waals surface area contributed by atoms with Crippen LogP contribution in [0, 0.1) is 0 Å². The van der Waals surface area contributed by atoms with Gasteiger partial charge in [0.1, 0.15) is 6.04 Å². The van der Waals surface area contributed by atoms with E-state index in [4.69, 9.17) is 16.6 Å². The first-order valence-electron chi connectivity index (χ1n) is 24.4. The number of rotatable bonds is 42. The van der Waals surface area contributed by atoms with Gasteiger partial charge in [-0.2, -0.15) is 0 Å². The Morgan fingerprint density at radius 1 is 0.418 bits per heavy atom. The Balaban J connectivity index is 0. The molecule has 0 heterocycles. The van der Waals surface area contributed by atoms with Gasteiger partial charge in [0.25, 0.3) is 0 Å². The summed E-state index contributed by atoms with van der Waals surface area (Å²) in [5.41, 5.74) is 11.1. The smallest absolute Gasteiger partial charge is 0.320 e. The van der Waals surface area contributed by atoms with Crippen LogP contribution in [0.25, 0.3) is 0 Å². The Kier molecular flexibility index (Phi) is 47.4. The molecule has 0 saturated heterocycles. The van der Waals surface area contributed by atoms with Crippen LogP contribution in [0.5, 0.6) is 0 Å². The average Bonchev–Trinajstić information content (AvgIpc) is 3.18. The maximum Gasteiger partial charge on any atom is 0.320 e. The summed E-state index contributed by atoms with van der Waals surface area (Å²) in [6, 6.07) is -0.881. The quantitative estimate of drug-likeness (QED) is 0.0529. The third-order valence-electron chi connectivity index (χ3n) is 11.1. The minimum Gasteiger partial charge on any atom is -0.480 e. The van der Waals surface area contributed by atoms with Crippen LogP contribution in [-0.2, 0) is 14.4 Å². The van der Waals surface area contributed by atoms with Crippen molar-refractivity contribution in [2.45, 2.75) is 277 Å². The standard InChI is InChI=1S/C30H58N2O4.C18H39N/c1-3-5-7-9-11-13-15-17-19-24-28(33)32(26-22-21-23-27(31)30(35)36)29(34)25-20-18-16-14-12-10-8-6-4-2;1-2-3-4-5-6-7-8-9-10-11-12-13-14-15-16-17-18-19/h27H,3-26,31H2,1-2H3,(H,35,36);2-19H2,1H3/t27-;/m0./s1. The maximum absolute atomic E-state index is 12.9. The lowest BCUT2D eigenvalue weighted by Gasteiger charge is -2.21. The molecular weight excluding hydrogens is 683 g/mol. The normalized spacial score (nSPS) is 11.7. The molecule has 5 N–H and O–H groups in total. The van der Waals surface area contributed by atoms with E-state index in [0.29, 0.717) is 38.6 Å². The van der Waals surface area contributed by atoms with Crippen LogP contribution < -0.4 is 11.5 Å². The van der Waals surface area contributed by atoms with Crippen LogP contribution in [0.3, 0.4) is 0 Å². The number of hydrogen-bond donors (Lipinski definition) is 3. The number of carboxylic acids is 1. The Hall–Kier alpha value is -1.47. The Morgan fingerprint density at radius 2 is 0.691 bits per heavy atom. The Morgan fingerprint density at radius 3 is 0.964 bits per heavy atom. The molecule has 2 amide bonds. The number of amides is 2. The molecule has 0 spiro atoms. The van der Waals surface area contributed by atoms with Crippen molar-refractivity contribution in [3.8, 4) is 0 Å². The predicted molar refractivity (Wildman–Crippen MR) is 238 cm³/mol. The average molecular weight is 780 g/mol. The summed E-state index contributed by atoms with van der Waals surface area (Å²) in [7, 11) is 0. The number of hydrogen-bond acceptors (Lipinski definition) is 5. The highest BCUT2D eigenvalue weighted by molar-refractivity contribution is 5.95. The van der Waals surface area contributed by atoms with Gasteiger partial charge >= 0.3 is 5.97 Å². The highest BCUT2D eigenvalue weighted by atomic mass is 16.4. The van der Waals surface area contributed by atoms with Crippen molar-refractivity contribution >= 4 is 17.8 Å². The van der Waals surface area contributed by atoms with E-state index >= 15 is 0 Å². The molecule has 0 aliphatic rings. The molecule has 0 rings (SSSR count). The molecule has 0 saturated carbocycles. The lowest BCUT2D eigenvalue weighted by Crippen LogP contribution is -2.37. The van der Waals surface area contributed by atoms with Gasteiger partial charge in [0.15, 0.2) is 0 Å².